The summed E-state index contributed by atoms with van der Waals surface area (Å²) < 4.78 is 19.0. The van der Waals surface area contributed by atoms with Crippen molar-refractivity contribution in [1.82, 2.24) is 9.97 Å². The first-order chi connectivity index (χ1) is 8.56. The average Bonchev–Trinajstić information content (AvgIpc) is 2.33. The second-order valence-electron chi connectivity index (χ2n) is 3.77. The maximum absolute atomic E-state index is 12.9. The van der Waals surface area contributed by atoms with Crippen molar-refractivity contribution in [3.8, 4) is 11.6 Å². The molecule has 0 fully saturated rings. The van der Waals surface area contributed by atoms with Gasteiger partial charge in [0, 0.05) is 26.4 Å². The van der Waals surface area contributed by atoms with Crippen molar-refractivity contribution in [2.75, 3.05) is 19.0 Å². The zero-order chi connectivity index (χ0) is 13.1. The van der Waals surface area contributed by atoms with Gasteiger partial charge in [0.05, 0.1) is 4.47 Å². The molecule has 0 amide bonds. The molecule has 1 aromatic heterocycles. The molecule has 0 N–H and O–H groups in total. The van der Waals surface area contributed by atoms with Gasteiger partial charge >= 0.3 is 0 Å². The third-order valence-electron chi connectivity index (χ3n) is 2.13. The first-order valence-electron chi connectivity index (χ1n) is 5.19. The summed E-state index contributed by atoms with van der Waals surface area (Å²) in [7, 11) is 3.68. The number of hydrogen-bond donors (Lipinski definition) is 0. The van der Waals surface area contributed by atoms with Gasteiger partial charge in [-0.25, -0.2) is 9.37 Å². The maximum atomic E-state index is 12.9. The van der Waals surface area contributed by atoms with Crippen molar-refractivity contribution in [1.29, 1.82) is 0 Å². The SMILES string of the molecule is CN(C)c1nccc(Oc2ccc(F)cc2Br)n1. The van der Waals surface area contributed by atoms with Gasteiger partial charge in [-0.2, -0.15) is 4.98 Å². The number of anilines is 1. The molecule has 2 rings (SSSR count). The lowest BCUT2D eigenvalue weighted by molar-refractivity contribution is 0.457. The molecular weight excluding hydrogens is 301 g/mol. The van der Waals surface area contributed by atoms with Gasteiger partial charge in [0.25, 0.3) is 0 Å². The van der Waals surface area contributed by atoms with Crippen molar-refractivity contribution >= 4 is 21.9 Å². The van der Waals surface area contributed by atoms with E-state index in [2.05, 4.69) is 25.9 Å². The Balaban J connectivity index is 2.25. The Hall–Kier alpha value is -1.69. The fourth-order valence-electron chi connectivity index (χ4n) is 1.28. The molecule has 6 heteroatoms. The van der Waals surface area contributed by atoms with Gasteiger partial charge in [-0.15, -0.1) is 0 Å². The van der Waals surface area contributed by atoms with E-state index in [0.29, 0.717) is 22.1 Å². The molecule has 1 heterocycles. The van der Waals surface area contributed by atoms with Crippen LogP contribution in [0.3, 0.4) is 0 Å². The molecule has 0 aliphatic rings. The molecule has 0 unspecified atom stereocenters. The van der Waals surface area contributed by atoms with Crippen LogP contribution in [0.1, 0.15) is 0 Å². The highest BCUT2D eigenvalue weighted by atomic mass is 79.9. The number of rotatable bonds is 3. The zero-order valence-electron chi connectivity index (χ0n) is 9.89. The molecule has 0 bridgehead atoms. The predicted octanol–water partition coefficient (Wildman–Crippen LogP) is 3.24. The van der Waals surface area contributed by atoms with Crippen molar-refractivity contribution in [2.45, 2.75) is 0 Å². The van der Waals surface area contributed by atoms with E-state index in [1.165, 1.54) is 18.2 Å². The Morgan fingerprint density at radius 1 is 1.28 bits per heavy atom. The zero-order valence-corrected chi connectivity index (χ0v) is 11.5. The molecule has 0 atom stereocenters. The molecule has 4 nitrogen and oxygen atoms in total. The Morgan fingerprint density at radius 2 is 2.06 bits per heavy atom. The van der Waals surface area contributed by atoms with E-state index in [-0.39, 0.29) is 5.82 Å². The minimum atomic E-state index is -0.328. The predicted molar refractivity (Wildman–Crippen MR) is 70.5 cm³/mol. The summed E-state index contributed by atoms with van der Waals surface area (Å²) in [5.41, 5.74) is 0. The number of aromatic nitrogens is 2. The van der Waals surface area contributed by atoms with Crippen LogP contribution in [0.2, 0.25) is 0 Å². The monoisotopic (exact) mass is 311 g/mol. The fourth-order valence-corrected chi connectivity index (χ4v) is 1.71. The van der Waals surface area contributed by atoms with Gasteiger partial charge in [0.1, 0.15) is 11.6 Å². The quantitative estimate of drug-likeness (QED) is 0.872. The Morgan fingerprint density at radius 3 is 2.72 bits per heavy atom. The van der Waals surface area contributed by atoms with E-state index < -0.39 is 0 Å². The minimum absolute atomic E-state index is 0.328. The van der Waals surface area contributed by atoms with Gasteiger partial charge in [-0.1, -0.05) is 0 Å². The highest BCUT2D eigenvalue weighted by Gasteiger charge is 2.07. The first-order valence-corrected chi connectivity index (χ1v) is 5.99. The van der Waals surface area contributed by atoms with Crippen molar-refractivity contribution in [3.63, 3.8) is 0 Å². The number of hydrogen-bond acceptors (Lipinski definition) is 4. The maximum Gasteiger partial charge on any atom is 0.228 e. The Labute approximate surface area is 113 Å². The molecule has 0 aliphatic heterocycles. The van der Waals surface area contributed by atoms with E-state index in [0.717, 1.165) is 0 Å². The summed E-state index contributed by atoms with van der Waals surface area (Å²) in [5, 5.41) is 0. The topological polar surface area (TPSA) is 38.2 Å². The molecule has 2 aromatic rings. The van der Waals surface area contributed by atoms with Crippen molar-refractivity contribution in [3.05, 3.63) is 40.8 Å². The summed E-state index contributed by atoms with van der Waals surface area (Å²) in [4.78, 5) is 10.1. The van der Waals surface area contributed by atoms with Gasteiger partial charge in [-0.3, -0.25) is 0 Å². The molecule has 1 aromatic carbocycles. The Bertz CT molecular complexity index is 563. The Kier molecular flexibility index (Phi) is 3.76. The molecular formula is C12H11BrFN3O. The number of benzene rings is 1. The first kappa shape index (κ1) is 12.8. The van der Waals surface area contributed by atoms with Crippen molar-refractivity contribution in [2.24, 2.45) is 0 Å². The second kappa shape index (κ2) is 5.30. The summed E-state index contributed by atoms with van der Waals surface area (Å²) in [6.45, 7) is 0. The van der Waals surface area contributed by atoms with Crippen molar-refractivity contribution < 1.29 is 9.13 Å². The third kappa shape index (κ3) is 2.95. The third-order valence-corrected chi connectivity index (χ3v) is 2.75. The summed E-state index contributed by atoms with van der Waals surface area (Å²) in [6.07, 6.45) is 1.61. The summed E-state index contributed by atoms with van der Waals surface area (Å²) in [6, 6.07) is 5.84. The highest BCUT2D eigenvalue weighted by Crippen LogP contribution is 2.29. The highest BCUT2D eigenvalue weighted by molar-refractivity contribution is 9.10. The number of halogens is 2. The van der Waals surface area contributed by atoms with Gasteiger partial charge in [-0.05, 0) is 34.1 Å². The van der Waals surface area contributed by atoms with Crippen LogP contribution >= 0.6 is 15.9 Å². The molecule has 94 valence electrons. The smallest absolute Gasteiger partial charge is 0.228 e. The largest absolute Gasteiger partial charge is 0.438 e. The van der Waals surface area contributed by atoms with Gasteiger partial charge < -0.3 is 9.64 Å². The van der Waals surface area contributed by atoms with Gasteiger partial charge in [0.2, 0.25) is 11.8 Å². The molecule has 0 radical (unpaired) electrons. The average molecular weight is 312 g/mol. The second-order valence-corrected chi connectivity index (χ2v) is 4.62. The van der Waals surface area contributed by atoms with E-state index in [4.69, 9.17) is 4.74 Å². The van der Waals surface area contributed by atoms with Crippen LogP contribution in [0.15, 0.2) is 34.9 Å². The van der Waals surface area contributed by atoms with E-state index in [9.17, 15) is 4.39 Å². The molecule has 0 saturated heterocycles. The van der Waals surface area contributed by atoms with Crippen LogP contribution in [-0.2, 0) is 0 Å². The van der Waals surface area contributed by atoms with E-state index in [1.54, 1.807) is 17.2 Å². The molecule has 0 saturated carbocycles. The molecule has 0 spiro atoms. The van der Waals surface area contributed by atoms with Gasteiger partial charge in [0.15, 0.2) is 0 Å². The van der Waals surface area contributed by atoms with Crippen LogP contribution in [0.25, 0.3) is 0 Å². The molecule has 0 aliphatic carbocycles. The van der Waals surface area contributed by atoms with Crippen LogP contribution in [0.5, 0.6) is 11.6 Å². The summed E-state index contributed by atoms with van der Waals surface area (Å²) >= 11 is 3.23. The lowest BCUT2D eigenvalue weighted by Gasteiger charge is -2.11. The van der Waals surface area contributed by atoms with Crippen LogP contribution < -0.4 is 9.64 Å². The summed E-state index contributed by atoms with van der Waals surface area (Å²) in [5.74, 6) is 1.12. The fraction of sp³-hybridized carbons (Fsp3) is 0.167. The minimum Gasteiger partial charge on any atom is -0.438 e. The van der Waals surface area contributed by atoms with E-state index >= 15 is 0 Å². The van der Waals surface area contributed by atoms with E-state index in [1.807, 2.05) is 14.1 Å². The van der Waals surface area contributed by atoms with Crippen LogP contribution in [-0.4, -0.2) is 24.1 Å². The molecule has 18 heavy (non-hydrogen) atoms. The standard InChI is InChI=1S/C12H11BrFN3O/c1-17(2)12-15-6-5-11(16-12)18-10-4-3-8(14)7-9(10)13/h3-7H,1-2H3. The normalized spacial score (nSPS) is 10.2. The lowest BCUT2D eigenvalue weighted by atomic mass is 10.3. The lowest BCUT2D eigenvalue weighted by Crippen LogP contribution is -2.12. The van der Waals surface area contributed by atoms with Crippen LogP contribution in [0, 0.1) is 5.82 Å². The number of nitrogens with zero attached hydrogens (tertiary/aromatic N) is 3. The van der Waals surface area contributed by atoms with Crippen LogP contribution in [0.4, 0.5) is 10.3 Å². The number of ether oxygens (including phenoxy) is 1.